The molecule has 1 aliphatic rings. The summed E-state index contributed by atoms with van der Waals surface area (Å²) < 4.78 is 0. The molecule has 1 N–H and O–H groups in total. The van der Waals surface area contributed by atoms with Crippen LogP contribution >= 0.6 is 11.3 Å². The largest absolute Gasteiger partial charge is 0.480 e. The summed E-state index contributed by atoms with van der Waals surface area (Å²) in [5, 5.41) is 12.9. The first-order valence-electron chi connectivity index (χ1n) is 5.41. The topological polar surface area (TPSA) is 43.8 Å². The van der Waals surface area contributed by atoms with Gasteiger partial charge in [-0.05, 0) is 22.4 Å². The molecule has 88 valence electrons. The van der Waals surface area contributed by atoms with Gasteiger partial charge in [-0.2, -0.15) is 11.3 Å². The molecule has 2 heterocycles. The molecule has 0 aromatic carbocycles. The Kier molecular flexibility index (Phi) is 3.93. The van der Waals surface area contributed by atoms with Crippen molar-refractivity contribution < 1.29 is 9.90 Å². The number of thiophene rings is 1. The van der Waals surface area contributed by atoms with E-state index in [4.69, 9.17) is 5.11 Å². The lowest BCUT2D eigenvalue weighted by Gasteiger charge is -2.33. The Hall–Kier alpha value is -0.910. The summed E-state index contributed by atoms with van der Waals surface area (Å²) in [5.41, 5.74) is 1.36. The number of carboxylic acid groups (broad SMARTS) is 1. The lowest BCUT2D eigenvalue weighted by Crippen LogP contribution is -2.47. The predicted octanol–water partition coefficient (Wildman–Crippen LogP) is 0.950. The highest BCUT2D eigenvalue weighted by atomic mass is 32.1. The minimum Gasteiger partial charge on any atom is -0.480 e. The molecule has 4 nitrogen and oxygen atoms in total. The van der Waals surface area contributed by atoms with Gasteiger partial charge < -0.3 is 5.11 Å². The lowest BCUT2D eigenvalue weighted by molar-refractivity contribution is -0.138. The number of rotatable bonds is 4. The third-order valence-electron chi connectivity index (χ3n) is 2.81. The van der Waals surface area contributed by atoms with Crippen LogP contribution in [0.3, 0.4) is 0 Å². The number of carbonyl (C=O) groups is 1. The quantitative estimate of drug-likeness (QED) is 0.851. The molecule has 1 aliphatic heterocycles. The Labute approximate surface area is 99.1 Å². The summed E-state index contributed by atoms with van der Waals surface area (Å²) >= 11 is 1.72. The number of nitrogens with zero attached hydrogens (tertiary/aromatic N) is 2. The van der Waals surface area contributed by atoms with Crippen LogP contribution in [0.15, 0.2) is 16.8 Å². The Morgan fingerprint density at radius 3 is 2.56 bits per heavy atom. The second-order valence-corrected chi connectivity index (χ2v) is 4.86. The Bertz CT molecular complexity index is 332. The van der Waals surface area contributed by atoms with E-state index < -0.39 is 5.97 Å². The van der Waals surface area contributed by atoms with Crippen LogP contribution in [0.4, 0.5) is 0 Å². The zero-order valence-corrected chi connectivity index (χ0v) is 9.95. The van der Waals surface area contributed by atoms with E-state index in [0.29, 0.717) is 0 Å². The number of hydrogen-bond acceptors (Lipinski definition) is 4. The van der Waals surface area contributed by atoms with Crippen molar-refractivity contribution in [1.29, 1.82) is 0 Å². The van der Waals surface area contributed by atoms with Gasteiger partial charge in [0, 0.05) is 32.7 Å². The zero-order chi connectivity index (χ0) is 11.4. The highest BCUT2D eigenvalue weighted by Gasteiger charge is 2.18. The van der Waals surface area contributed by atoms with E-state index in [9.17, 15) is 4.79 Å². The van der Waals surface area contributed by atoms with Crippen molar-refractivity contribution >= 4 is 17.3 Å². The van der Waals surface area contributed by atoms with Crippen LogP contribution in [-0.4, -0.2) is 53.6 Å². The van der Waals surface area contributed by atoms with Gasteiger partial charge in [-0.3, -0.25) is 14.6 Å². The molecule has 0 bridgehead atoms. The monoisotopic (exact) mass is 240 g/mol. The number of aliphatic carboxylic acids is 1. The molecular formula is C11H16N2O2S. The molecule has 1 saturated heterocycles. The van der Waals surface area contributed by atoms with Crippen LogP contribution in [0.1, 0.15) is 5.56 Å². The SMILES string of the molecule is O=C(O)CN1CCN(Cc2ccsc2)CC1. The van der Waals surface area contributed by atoms with Crippen LogP contribution < -0.4 is 0 Å². The summed E-state index contributed by atoms with van der Waals surface area (Å²) in [6, 6.07) is 2.15. The zero-order valence-electron chi connectivity index (χ0n) is 9.13. The molecule has 0 amide bonds. The van der Waals surface area contributed by atoms with Crippen LogP contribution in [0.2, 0.25) is 0 Å². The summed E-state index contributed by atoms with van der Waals surface area (Å²) in [7, 11) is 0. The molecule has 0 aliphatic carbocycles. The van der Waals surface area contributed by atoms with Crippen molar-refractivity contribution in [3.05, 3.63) is 22.4 Å². The highest BCUT2D eigenvalue weighted by Crippen LogP contribution is 2.11. The standard InChI is InChI=1S/C11H16N2O2S/c14-11(15)8-13-4-2-12(3-5-13)7-10-1-6-16-9-10/h1,6,9H,2-5,7-8H2,(H,14,15). The van der Waals surface area contributed by atoms with Crippen LogP contribution in [0.25, 0.3) is 0 Å². The molecule has 16 heavy (non-hydrogen) atoms. The maximum atomic E-state index is 10.6. The summed E-state index contributed by atoms with van der Waals surface area (Å²) in [5.74, 6) is -0.730. The smallest absolute Gasteiger partial charge is 0.317 e. The summed E-state index contributed by atoms with van der Waals surface area (Å²) in [6.07, 6.45) is 0. The van der Waals surface area contributed by atoms with Gasteiger partial charge in [0.05, 0.1) is 6.54 Å². The Morgan fingerprint density at radius 2 is 2.00 bits per heavy atom. The van der Waals surface area contributed by atoms with Crippen LogP contribution in [-0.2, 0) is 11.3 Å². The van der Waals surface area contributed by atoms with E-state index in [1.165, 1.54) is 5.56 Å². The van der Waals surface area contributed by atoms with Gasteiger partial charge in [-0.25, -0.2) is 0 Å². The van der Waals surface area contributed by atoms with E-state index in [-0.39, 0.29) is 6.54 Å². The van der Waals surface area contributed by atoms with Crippen molar-refractivity contribution in [3.8, 4) is 0 Å². The molecule has 5 heteroatoms. The van der Waals surface area contributed by atoms with Gasteiger partial charge in [-0.15, -0.1) is 0 Å². The molecule has 0 atom stereocenters. The van der Waals surface area contributed by atoms with Crippen molar-refractivity contribution in [3.63, 3.8) is 0 Å². The highest BCUT2D eigenvalue weighted by molar-refractivity contribution is 7.07. The number of hydrogen-bond donors (Lipinski definition) is 1. The third-order valence-corrected chi connectivity index (χ3v) is 3.54. The fourth-order valence-corrected chi connectivity index (χ4v) is 2.60. The fourth-order valence-electron chi connectivity index (χ4n) is 1.94. The predicted molar refractivity (Wildman–Crippen MR) is 63.7 cm³/mol. The van der Waals surface area contributed by atoms with Gasteiger partial charge in [-0.1, -0.05) is 0 Å². The molecule has 1 aromatic rings. The Balaban J connectivity index is 1.75. The van der Waals surface area contributed by atoms with Gasteiger partial charge in [0.2, 0.25) is 0 Å². The van der Waals surface area contributed by atoms with E-state index >= 15 is 0 Å². The van der Waals surface area contributed by atoms with Crippen LogP contribution in [0, 0.1) is 0 Å². The molecule has 1 aromatic heterocycles. The molecule has 1 fully saturated rings. The summed E-state index contributed by atoms with van der Waals surface area (Å²) in [6.45, 7) is 4.80. The number of piperazine rings is 1. The molecular weight excluding hydrogens is 224 g/mol. The summed E-state index contributed by atoms with van der Waals surface area (Å²) in [4.78, 5) is 14.9. The van der Waals surface area contributed by atoms with E-state index in [2.05, 4.69) is 21.7 Å². The minimum atomic E-state index is -0.730. The van der Waals surface area contributed by atoms with Crippen molar-refractivity contribution in [1.82, 2.24) is 9.80 Å². The van der Waals surface area contributed by atoms with Crippen molar-refractivity contribution in [2.45, 2.75) is 6.54 Å². The molecule has 0 saturated carbocycles. The maximum Gasteiger partial charge on any atom is 0.317 e. The average molecular weight is 240 g/mol. The number of carboxylic acids is 1. The van der Waals surface area contributed by atoms with Crippen molar-refractivity contribution in [2.24, 2.45) is 0 Å². The molecule has 2 rings (SSSR count). The first-order chi connectivity index (χ1) is 7.74. The normalized spacial score (nSPS) is 18.8. The van der Waals surface area contributed by atoms with Crippen molar-refractivity contribution in [2.75, 3.05) is 32.7 Å². The maximum absolute atomic E-state index is 10.6. The van der Waals surface area contributed by atoms with Gasteiger partial charge in [0.25, 0.3) is 0 Å². The minimum absolute atomic E-state index is 0.173. The first-order valence-corrected chi connectivity index (χ1v) is 6.36. The van der Waals surface area contributed by atoms with Gasteiger partial charge in [0.15, 0.2) is 0 Å². The average Bonchev–Trinajstić information content (AvgIpc) is 2.73. The second kappa shape index (κ2) is 5.43. The lowest BCUT2D eigenvalue weighted by atomic mass is 10.2. The van der Waals surface area contributed by atoms with E-state index in [0.717, 1.165) is 32.7 Å². The third kappa shape index (κ3) is 3.30. The molecule has 0 spiro atoms. The van der Waals surface area contributed by atoms with E-state index in [1.54, 1.807) is 11.3 Å². The van der Waals surface area contributed by atoms with Gasteiger partial charge >= 0.3 is 5.97 Å². The fraction of sp³-hybridized carbons (Fsp3) is 0.545. The molecule has 0 radical (unpaired) electrons. The van der Waals surface area contributed by atoms with Crippen LogP contribution in [0.5, 0.6) is 0 Å². The first kappa shape index (κ1) is 11.6. The second-order valence-electron chi connectivity index (χ2n) is 4.08. The van der Waals surface area contributed by atoms with E-state index in [1.807, 2.05) is 4.90 Å². The molecule has 0 unspecified atom stereocenters. The van der Waals surface area contributed by atoms with Gasteiger partial charge in [0.1, 0.15) is 0 Å². The Morgan fingerprint density at radius 1 is 1.31 bits per heavy atom.